The maximum Gasteiger partial charge on any atom is 0.416 e. The summed E-state index contributed by atoms with van der Waals surface area (Å²) in [4.78, 5) is 27.7. The number of alkyl halides is 3. The van der Waals surface area contributed by atoms with Gasteiger partial charge in [-0.1, -0.05) is 26.0 Å². The first-order valence-corrected chi connectivity index (χ1v) is 14.6. The average molecular weight is 595 g/mol. The Balaban J connectivity index is 1.11. The lowest BCUT2D eigenvalue weighted by atomic mass is 9.91. The summed E-state index contributed by atoms with van der Waals surface area (Å²) < 4.78 is 44.0. The molecule has 2 amide bonds. The maximum absolute atomic E-state index is 13.1. The van der Waals surface area contributed by atoms with Crippen molar-refractivity contribution in [3.8, 4) is 11.5 Å². The fraction of sp³-hybridized carbons (Fsp3) is 0.394. The molecule has 0 radical (unpaired) electrons. The molecule has 1 saturated heterocycles. The molecule has 2 heterocycles. The SMILES string of the molecule is CC1=C(C(=O)NCC(C)C)C=CC2NN(CC3CCN(C(=O)c4ccc(Oc5ccc(C(F)(F)F)cc5)cc4)CC3)C=C12. The van der Waals surface area contributed by atoms with E-state index in [4.69, 9.17) is 4.74 Å². The lowest BCUT2D eigenvalue weighted by Gasteiger charge is -2.34. The molecule has 2 aromatic carbocycles. The third-order valence-electron chi connectivity index (χ3n) is 8.02. The number of nitrogens with zero attached hydrogens (tertiary/aromatic N) is 2. The highest BCUT2D eigenvalue weighted by molar-refractivity contribution is 5.98. The van der Waals surface area contributed by atoms with Crippen LogP contribution in [-0.2, 0) is 11.0 Å². The van der Waals surface area contributed by atoms with E-state index in [2.05, 4.69) is 35.8 Å². The second-order valence-corrected chi connectivity index (χ2v) is 11.7. The van der Waals surface area contributed by atoms with Gasteiger partial charge in [0, 0.05) is 43.5 Å². The summed E-state index contributed by atoms with van der Waals surface area (Å²) in [6.07, 6.45) is 3.39. The van der Waals surface area contributed by atoms with Crippen molar-refractivity contribution in [1.82, 2.24) is 20.7 Å². The molecule has 3 aliphatic rings. The van der Waals surface area contributed by atoms with Crippen molar-refractivity contribution in [2.45, 2.75) is 45.8 Å². The van der Waals surface area contributed by atoms with E-state index in [1.54, 1.807) is 24.3 Å². The van der Waals surface area contributed by atoms with E-state index in [0.29, 0.717) is 48.4 Å². The number of hydrogen-bond donors (Lipinski definition) is 2. The zero-order valence-electron chi connectivity index (χ0n) is 24.6. The van der Waals surface area contributed by atoms with Crippen molar-refractivity contribution in [2.75, 3.05) is 26.2 Å². The lowest BCUT2D eigenvalue weighted by molar-refractivity contribution is -0.137. The Bertz CT molecular complexity index is 1420. The van der Waals surface area contributed by atoms with Gasteiger partial charge in [0.15, 0.2) is 0 Å². The van der Waals surface area contributed by atoms with Crippen LogP contribution in [0.25, 0.3) is 0 Å². The standard InChI is InChI=1S/C33H37F3N4O3/c1-21(2)18-37-31(41)28-12-13-30-29(22(28)3)20-40(38-30)19-23-14-16-39(17-15-23)32(42)24-4-8-26(9-5-24)43-27-10-6-25(7-11-27)33(34,35)36/h4-13,20-21,23,30,38H,14-19H2,1-3H3,(H,37,41). The molecule has 1 aliphatic carbocycles. The summed E-state index contributed by atoms with van der Waals surface area (Å²) in [5, 5.41) is 5.11. The van der Waals surface area contributed by atoms with Crippen LogP contribution in [-0.4, -0.2) is 53.9 Å². The molecule has 1 unspecified atom stereocenters. The predicted molar refractivity (Wildman–Crippen MR) is 158 cm³/mol. The Morgan fingerprint density at radius 2 is 1.65 bits per heavy atom. The first-order valence-electron chi connectivity index (χ1n) is 14.6. The molecule has 2 N–H and O–H groups in total. The summed E-state index contributed by atoms with van der Waals surface area (Å²) >= 11 is 0. The van der Waals surface area contributed by atoms with E-state index in [1.807, 2.05) is 24.0 Å². The van der Waals surface area contributed by atoms with Gasteiger partial charge >= 0.3 is 6.18 Å². The van der Waals surface area contributed by atoms with Gasteiger partial charge in [0.1, 0.15) is 11.5 Å². The summed E-state index contributed by atoms with van der Waals surface area (Å²) in [5.74, 6) is 1.42. The molecule has 2 aromatic rings. The highest BCUT2D eigenvalue weighted by Gasteiger charge is 2.32. The highest BCUT2D eigenvalue weighted by Crippen LogP contribution is 2.32. The van der Waals surface area contributed by atoms with Gasteiger partial charge in [-0.3, -0.25) is 9.59 Å². The van der Waals surface area contributed by atoms with Crippen LogP contribution in [0, 0.1) is 11.8 Å². The molecule has 43 heavy (non-hydrogen) atoms. The van der Waals surface area contributed by atoms with Crippen LogP contribution in [0.2, 0.25) is 0 Å². The van der Waals surface area contributed by atoms with Crippen molar-refractivity contribution >= 4 is 11.8 Å². The number of rotatable bonds is 8. The number of carbonyl (C=O) groups excluding carboxylic acids is 2. The van der Waals surface area contributed by atoms with Crippen molar-refractivity contribution < 1.29 is 27.5 Å². The maximum atomic E-state index is 13.1. The molecular formula is C33H37F3N4O3. The number of nitrogens with one attached hydrogen (secondary N) is 2. The van der Waals surface area contributed by atoms with Gasteiger partial charge in [0.25, 0.3) is 11.8 Å². The second-order valence-electron chi connectivity index (χ2n) is 11.7. The number of likely N-dealkylation sites (tertiary alicyclic amines) is 1. The Morgan fingerprint density at radius 3 is 2.26 bits per heavy atom. The number of piperidine rings is 1. The van der Waals surface area contributed by atoms with Gasteiger partial charge < -0.3 is 20.0 Å². The number of ether oxygens (including phenoxy) is 1. The molecule has 10 heteroatoms. The van der Waals surface area contributed by atoms with Crippen molar-refractivity contribution in [3.05, 3.63) is 94.7 Å². The first kappa shape index (κ1) is 30.4. The van der Waals surface area contributed by atoms with Crippen molar-refractivity contribution in [2.24, 2.45) is 11.8 Å². The normalized spacial score (nSPS) is 19.0. The zero-order chi connectivity index (χ0) is 30.7. The van der Waals surface area contributed by atoms with Gasteiger partial charge in [0.05, 0.1) is 11.6 Å². The summed E-state index contributed by atoms with van der Waals surface area (Å²) in [6.45, 7) is 8.90. The van der Waals surface area contributed by atoms with Crippen LogP contribution >= 0.6 is 0 Å². The van der Waals surface area contributed by atoms with E-state index in [9.17, 15) is 22.8 Å². The number of benzene rings is 2. The number of amides is 2. The van der Waals surface area contributed by atoms with E-state index in [1.165, 1.54) is 12.1 Å². The van der Waals surface area contributed by atoms with Gasteiger partial charge in [0.2, 0.25) is 0 Å². The van der Waals surface area contributed by atoms with E-state index < -0.39 is 11.7 Å². The van der Waals surface area contributed by atoms with Crippen LogP contribution < -0.4 is 15.5 Å². The largest absolute Gasteiger partial charge is 0.457 e. The molecule has 228 valence electrons. The lowest BCUT2D eigenvalue weighted by Crippen LogP contribution is -2.43. The fourth-order valence-electron chi connectivity index (χ4n) is 5.52. The number of hydrazine groups is 1. The molecule has 0 bridgehead atoms. The molecule has 1 atom stereocenters. The Morgan fingerprint density at radius 1 is 1.02 bits per heavy atom. The third kappa shape index (κ3) is 7.30. The summed E-state index contributed by atoms with van der Waals surface area (Å²) in [7, 11) is 0. The number of halogens is 3. The molecule has 1 fully saturated rings. The van der Waals surface area contributed by atoms with E-state index in [0.717, 1.165) is 42.7 Å². The quantitative estimate of drug-likeness (QED) is 0.388. The second kappa shape index (κ2) is 12.7. The van der Waals surface area contributed by atoms with Crippen LogP contribution in [0.15, 0.2) is 83.6 Å². The third-order valence-corrected chi connectivity index (χ3v) is 8.02. The minimum absolute atomic E-state index is 0.0430. The van der Waals surface area contributed by atoms with Gasteiger partial charge in [-0.15, -0.1) is 0 Å². The van der Waals surface area contributed by atoms with E-state index >= 15 is 0 Å². The van der Waals surface area contributed by atoms with Gasteiger partial charge in [-0.2, -0.15) is 13.2 Å². The molecule has 7 nitrogen and oxygen atoms in total. The molecule has 2 aliphatic heterocycles. The monoisotopic (exact) mass is 594 g/mol. The highest BCUT2D eigenvalue weighted by atomic mass is 19.4. The molecule has 5 rings (SSSR count). The molecular weight excluding hydrogens is 557 g/mol. The Hall–Kier alpha value is -4.05. The minimum Gasteiger partial charge on any atom is -0.457 e. The van der Waals surface area contributed by atoms with E-state index in [-0.39, 0.29) is 23.6 Å². The summed E-state index contributed by atoms with van der Waals surface area (Å²) in [6, 6.07) is 11.2. The fourth-order valence-corrected chi connectivity index (χ4v) is 5.52. The molecule has 0 aromatic heterocycles. The molecule has 0 saturated carbocycles. The topological polar surface area (TPSA) is 73.9 Å². The van der Waals surface area contributed by atoms with Gasteiger partial charge in [-0.25, -0.2) is 5.43 Å². The minimum atomic E-state index is -4.40. The number of hydrogen-bond acceptors (Lipinski definition) is 5. The van der Waals surface area contributed by atoms with Crippen LogP contribution in [0.1, 0.15) is 49.5 Å². The first-order chi connectivity index (χ1) is 20.5. The zero-order valence-corrected chi connectivity index (χ0v) is 24.6. The number of fused-ring (bicyclic) bond motifs is 1. The Kier molecular flexibility index (Phi) is 8.96. The average Bonchev–Trinajstić information content (AvgIpc) is 3.40. The van der Waals surface area contributed by atoms with Crippen LogP contribution in [0.5, 0.6) is 11.5 Å². The van der Waals surface area contributed by atoms with Crippen LogP contribution in [0.4, 0.5) is 13.2 Å². The summed E-state index contributed by atoms with van der Waals surface area (Å²) in [5.41, 5.74) is 6.12. The predicted octanol–water partition coefficient (Wildman–Crippen LogP) is 6.08. The van der Waals surface area contributed by atoms with Gasteiger partial charge in [-0.05, 0) is 91.3 Å². The molecule has 0 spiro atoms. The van der Waals surface area contributed by atoms with Crippen molar-refractivity contribution in [1.29, 1.82) is 0 Å². The van der Waals surface area contributed by atoms with Crippen LogP contribution in [0.3, 0.4) is 0 Å². The smallest absolute Gasteiger partial charge is 0.416 e. The van der Waals surface area contributed by atoms with Crippen molar-refractivity contribution in [3.63, 3.8) is 0 Å². The Labute approximate surface area is 250 Å². The number of carbonyl (C=O) groups is 2.